The predicted molar refractivity (Wildman–Crippen MR) is 126 cm³/mol. The minimum Gasteiger partial charge on any atom is -0.260 e. The molecule has 0 fully saturated rings. The molecule has 1 aliphatic carbocycles. The number of nitrogens with one attached hydrogen (secondary N) is 1. The third-order valence-electron chi connectivity index (χ3n) is 6.66. The zero-order chi connectivity index (χ0) is 22.2. The summed E-state index contributed by atoms with van der Waals surface area (Å²) in [7, 11) is 0. The fourth-order valence-corrected chi connectivity index (χ4v) is 5.38. The lowest BCUT2D eigenvalue weighted by molar-refractivity contribution is -0.384. The number of hydrogen-bond acceptors (Lipinski definition) is 7. The van der Waals surface area contributed by atoms with E-state index in [0.717, 1.165) is 29.5 Å². The van der Waals surface area contributed by atoms with Gasteiger partial charge < -0.3 is 0 Å². The highest BCUT2D eigenvalue weighted by Crippen LogP contribution is 2.45. The molecule has 0 aliphatic heterocycles. The minimum absolute atomic E-state index is 0.0490. The molecule has 0 amide bonds. The number of benzene rings is 1. The number of fused-ring (bicyclic) bond motifs is 3. The molecule has 0 bridgehead atoms. The van der Waals surface area contributed by atoms with E-state index in [2.05, 4.69) is 41.3 Å². The molecule has 162 valence electrons. The van der Waals surface area contributed by atoms with Gasteiger partial charge >= 0.3 is 0 Å². The Morgan fingerprint density at radius 1 is 1.39 bits per heavy atom. The molecule has 1 aliphatic rings. The standard InChI is InChI=1S/C23H27N5O2S/c1-5-23(3,4)16-9-10-19-18(12-16)20-21(24-13-25-22(20)31-19)27-26-14(2)15-7-6-8-17(11-15)28(29)30/h6-8,11,13,16H,5,9-10,12H2,1-4H3,(H,24,25,27)/b26-14+/t16-/m0/s1. The number of nitrogens with zero attached hydrogens (tertiary/aromatic N) is 4. The Kier molecular flexibility index (Phi) is 5.75. The third kappa shape index (κ3) is 4.17. The number of anilines is 1. The lowest BCUT2D eigenvalue weighted by Gasteiger charge is -2.36. The summed E-state index contributed by atoms with van der Waals surface area (Å²) in [5.41, 5.74) is 6.16. The largest absolute Gasteiger partial charge is 0.270 e. The SMILES string of the molecule is CCC(C)(C)[C@H]1CCc2sc3ncnc(N/N=C(\C)c4cccc([N+](=O)[O-])c4)c3c2C1. The second-order valence-electron chi connectivity index (χ2n) is 8.80. The highest BCUT2D eigenvalue weighted by Gasteiger charge is 2.33. The Morgan fingerprint density at radius 2 is 2.19 bits per heavy atom. The first kappa shape index (κ1) is 21.4. The van der Waals surface area contributed by atoms with Crippen molar-refractivity contribution in [2.45, 2.75) is 53.4 Å². The topological polar surface area (TPSA) is 93.3 Å². The lowest BCUT2D eigenvalue weighted by Crippen LogP contribution is -2.28. The van der Waals surface area contributed by atoms with E-state index in [1.807, 2.05) is 13.0 Å². The molecule has 0 unspecified atom stereocenters. The number of nitro benzene ring substituents is 1. The van der Waals surface area contributed by atoms with E-state index >= 15 is 0 Å². The quantitative estimate of drug-likeness (QED) is 0.291. The third-order valence-corrected chi connectivity index (χ3v) is 7.86. The van der Waals surface area contributed by atoms with Crippen LogP contribution < -0.4 is 5.43 Å². The van der Waals surface area contributed by atoms with Gasteiger partial charge in [-0.3, -0.25) is 15.5 Å². The van der Waals surface area contributed by atoms with Crippen molar-refractivity contribution in [3.8, 4) is 0 Å². The molecule has 3 aromatic rings. The fourth-order valence-electron chi connectivity index (χ4n) is 4.19. The number of aromatic nitrogens is 2. The van der Waals surface area contributed by atoms with Crippen LogP contribution in [0, 0.1) is 21.4 Å². The Morgan fingerprint density at radius 3 is 2.94 bits per heavy atom. The molecule has 7 nitrogen and oxygen atoms in total. The molecule has 8 heteroatoms. The van der Waals surface area contributed by atoms with Gasteiger partial charge in [-0.15, -0.1) is 11.3 Å². The van der Waals surface area contributed by atoms with Crippen molar-refractivity contribution in [2.75, 3.05) is 5.43 Å². The summed E-state index contributed by atoms with van der Waals surface area (Å²) in [4.78, 5) is 22.0. The predicted octanol–water partition coefficient (Wildman–Crippen LogP) is 5.98. The maximum Gasteiger partial charge on any atom is 0.270 e. The number of non-ortho nitro benzene ring substituents is 1. The average molecular weight is 438 g/mol. The van der Waals surface area contributed by atoms with Gasteiger partial charge in [0.05, 0.1) is 16.0 Å². The van der Waals surface area contributed by atoms with E-state index < -0.39 is 4.92 Å². The number of thiophene rings is 1. The molecule has 0 radical (unpaired) electrons. The number of nitro groups is 1. The highest BCUT2D eigenvalue weighted by atomic mass is 32.1. The molecule has 0 saturated carbocycles. The Balaban J connectivity index is 1.66. The Bertz CT molecular complexity index is 1170. The van der Waals surface area contributed by atoms with Crippen LogP contribution in [0.25, 0.3) is 10.2 Å². The van der Waals surface area contributed by atoms with Crippen molar-refractivity contribution in [2.24, 2.45) is 16.4 Å². The van der Waals surface area contributed by atoms with Gasteiger partial charge in [0.1, 0.15) is 11.2 Å². The van der Waals surface area contributed by atoms with Crippen LogP contribution in [-0.2, 0) is 12.8 Å². The van der Waals surface area contributed by atoms with Gasteiger partial charge in [-0.1, -0.05) is 39.3 Å². The van der Waals surface area contributed by atoms with Gasteiger partial charge in [-0.2, -0.15) is 5.10 Å². The fraction of sp³-hybridized carbons (Fsp3) is 0.435. The van der Waals surface area contributed by atoms with Crippen LogP contribution in [0.2, 0.25) is 0 Å². The lowest BCUT2D eigenvalue weighted by atomic mass is 9.69. The van der Waals surface area contributed by atoms with E-state index in [0.29, 0.717) is 28.4 Å². The van der Waals surface area contributed by atoms with Gasteiger partial charge in [0.15, 0.2) is 5.82 Å². The molecular formula is C23H27N5O2S. The molecule has 1 atom stereocenters. The number of aryl methyl sites for hydroxylation is 1. The molecule has 0 spiro atoms. The van der Waals surface area contributed by atoms with Crippen LogP contribution in [-0.4, -0.2) is 20.6 Å². The second-order valence-corrected chi connectivity index (χ2v) is 9.89. The minimum atomic E-state index is -0.399. The van der Waals surface area contributed by atoms with Crippen molar-refractivity contribution in [1.29, 1.82) is 0 Å². The number of hydrogen-bond donors (Lipinski definition) is 1. The van der Waals surface area contributed by atoms with Gasteiger partial charge in [0.2, 0.25) is 0 Å². The van der Waals surface area contributed by atoms with Crippen LogP contribution in [0.1, 0.15) is 56.5 Å². The summed E-state index contributed by atoms with van der Waals surface area (Å²) < 4.78 is 0. The van der Waals surface area contributed by atoms with Crippen molar-refractivity contribution in [3.63, 3.8) is 0 Å². The van der Waals surface area contributed by atoms with Gasteiger partial charge in [0.25, 0.3) is 5.69 Å². The van der Waals surface area contributed by atoms with E-state index in [9.17, 15) is 10.1 Å². The molecule has 31 heavy (non-hydrogen) atoms. The molecule has 2 aromatic heterocycles. The van der Waals surface area contributed by atoms with Gasteiger partial charge in [-0.05, 0) is 43.1 Å². The van der Waals surface area contributed by atoms with E-state index in [-0.39, 0.29) is 5.69 Å². The van der Waals surface area contributed by atoms with Crippen molar-refractivity contribution in [1.82, 2.24) is 9.97 Å². The average Bonchev–Trinajstić information content (AvgIpc) is 3.16. The highest BCUT2D eigenvalue weighted by molar-refractivity contribution is 7.19. The number of rotatable bonds is 6. The van der Waals surface area contributed by atoms with Crippen LogP contribution >= 0.6 is 11.3 Å². The maximum absolute atomic E-state index is 11.1. The normalized spacial score (nSPS) is 16.9. The summed E-state index contributed by atoms with van der Waals surface area (Å²) in [5.74, 6) is 1.33. The number of hydrazone groups is 1. The van der Waals surface area contributed by atoms with E-state index in [4.69, 9.17) is 0 Å². The molecule has 2 heterocycles. The summed E-state index contributed by atoms with van der Waals surface area (Å²) in [6.07, 6.45) is 6.05. The summed E-state index contributed by atoms with van der Waals surface area (Å²) >= 11 is 1.76. The van der Waals surface area contributed by atoms with Crippen molar-refractivity contribution >= 4 is 38.8 Å². The molecular weight excluding hydrogens is 410 g/mol. The molecule has 0 saturated heterocycles. The van der Waals surface area contributed by atoms with E-state index in [1.54, 1.807) is 23.7 Å². The summed E-state index contributed by atoms with van der Waals surface area (Å²) in [6.45, 7) is 8.81. The zero-order valence-electron chi connectivity index (χ0n) is 18.3. The van der Waals surface area contributed by atoms with Crippen LogP contribution in [0.4, 0.5) is 11.5 Å². The molecule has 1 aromatic carbocycles. The monoisotopic (exact) mass is 437 g/mol. The van der Waals surface area contributed by atoms with E-state index in [1.165, 1.54) is 29.0 Å². The maximum atomic E-state index is 11.1. The first-order valence-corrected chi connectivity index (χ1v) is 11.4. The first-order chi connectivity index (χ1) is 14.8. The molecule has 4 rings (SSSR count). The molecule has 1 N–H and O–H groups in total. The zero-order valence-corrected chi connectivity index (χ0v) is 19.1. The van der Waals surface area contributed by atoms with Crippen LogP contribution in [0.15, 0.2) is 35.7 Å². The van der Waals surface area contributed by atoms with Crippen molar-refractivity contribution in [3.05, 3.63) is 56.7 Å². The van der Waals surface area contributed by atoms with Crippen LogP contribution in [0.3, 0.4) is 0 Å². The van der Waals surface area contributed by atoms with Crippen molar-refractivity contribution < 1.29 is 4.92 Å². The van der Waals surface area contributed by atoms with Crippen LogP contribution in [0.5, 0.6) is 0 Å². The van der Waals surface area contributed by atoms with Gasteiger partial charge in [-0.25, -0.2) is 9.97 Å². The summed E-state index contributed by atoms with van der Waals surface area (Å²) in [5, 5.41) is 16.6. The smallest absolute Gasteiger partial charge is 0.260 e. The Hall–Kier alpha value is -2.87. The second kappa shape index (κ2) is 8.34. The van der Waals surface area contributed by atoms with Gasteiger partial charge in [0, 0.05) is 22.6 Å². The first-order valence-electron chi connectivity index (χ1n) is 10.6. The summed E-state index contributed by atoms with van der Waals surface area (Å²) in [6, 6.07) is 6.48. The Labute approximate surface area is 185 Å².